The monoisotopic (exact) mass is 369 g/mol. The molecule has 7 nitrogen and oxygen atoms in total. The van der Waals surface area contributed by atoms with E-state index in [0.29, 0.717) is 12.5 Å². The van der Waals surface area contributed by atoms with Crippen molar-refractivity contribution in [2.75, 3.05) is 32.7 Å². The Kier molecular flexibility index (Phi) is 7.64. The van der Waals surface area contributed by atoms with Gasteiger partial charge in [-0.05, 0) is 13.8 Å². The number of nitrogens with zero attached hydrogens (tertiary/aromatic N) is 3. The minimum absolute atomic E-state index is 0. The van der Waals surface area contributed by atoms with Crippen molar-refractivity contribution >= 4 is 41.9 Å². The smallest absolute Gasteiger partial charge is 0.324 e. The third-order valence-electron chi connectivity index (χ3n) is 2.62. The maximum atomic E-state index is 11.3. The van der Waals surface area contributed by atoms with Gasteiger partial charge in [0.25, 0.3) is 0 Å². The van der Waals surface area contributed by atoms with Crippen LogP contribution in [0.1, 0.15) is 13.8 Å². The highest BCUT2D eigenvalue weighted by atomic mass is 127. The van der Waals surface area contributed by atoms with E-state index in [4.69, 9.17) is 5.73 Å². The van der Waals surface area contributed by atoms with Crippen LogP contribution in [0.3, 0.4) is 0 Å². The van der Waals surface area contributed by atoms with Gasteiger partial charge >= 0.3 is 6.03 Å². The SMILES string of the molecule is CCN(CC)C(N)=NCCN1C(=O)CNC1=O.I. The number of hydrogen-bond acceptors (Lipinski definition) is 3. The fraction of sp³-hybridized carbons (Fsp3) is 0.700. The average Bonchev–Trinajstić information content (AvgIpc) is 2.62. The number of amides is 3. The maximum Gasteiger partial charge on any atom is 0.324 e. The first-order valence-electron chi connectivity index (χ1n) is 5.73. The van der Waals surface area contributed by atoms with Gasteiger partial charge in [0, 0.05) is 13.1 Å². The van der Waals surface area contributed by atoms with Gasteiger partial charge in [0.15, 0.2) is 5.96 Å². The highest BCUT2D eigenvalue weighted by molar-refractivity contribution is 14.0. The number of guanidine groups is 1. The van der Waals surface area contributed by atoms with E-state index in [1.165, 1.54) is 0 Å². The minimum atomic E-state index is -0.355. The van der Waals surface area contributed by atoms with Gasteiger partial charge in [0.2, 0.25) is 5.91 Å². The lowest BCUT2D eigenvalue weighted by atomic mass is 10.5. The van der Waals surface area contributed by atoms with Crippen molar-refractivity contribution in [3.63, 3.8) is 0 Å². The van der Waals surface area contributed by atoms with E-state index in [1.807, 2.05) is 18.7 Å². The number of carbonyl (C=O) groups is 2. The Morgan fingerprint density at radius 3 is 2.50 bits per heavy atom. The van der Waals surface area contributed by atoms with Gasteiger partial charge in [0.1, 0.15) is 0 Å². The zero-order valence-corrected chi connectivity index (χ0v) is 13.0. The molecule has 1 aliphatic heterocycles. The molecular formula is C10H20IN5O2. The predicted octanol–water partition coefficient (Wildman–Crippen LogP) is -0.187. The number of imide groups is 1. The summed E-state index contributed by atoms with van der Waals surface area (Å²) >= 11 is 0. The zero-order valence-electron chi connectivity index (χ0n) is 10.7. The Balaban J connectivity index is 0.00000289. The van der Waals surface area contributed by atoms with Crippen LogP contribution in [0.5, 0.6) is 0 Å². The third kappa shape index (κ3) is 4.31. The number of urea groups is 1. The molecule has 1 aliphatic rings. The molecule has 104 valence electrons. The average molecular weight is 369 g/mol. The lowest BCUT2D eigenvalue weighted by Gasteiger charge is -2.19. The van der Waals surface area contributed by atoms with Crippen molar-refractivity contribution in [3.8, 4) is 0 Å². The lowest BCUT2D eigenvalue weighted by molar-refractivity contribution is -0.124. The molecule has 0 aromatic carbocycles. The first kappa shape index (κ1) is 16.9. The Hall–Kier alpha value is -1.06. The fourth-order valence-corrected chi connectivity index (χ4v) is 1.59. The predicted molar refractivity (Wildman–Crippen MR) is 79.9 cm³/mol. The van der Waals surface area contributed by atoms with E-state index in [-0.39, 0.29) is 49.0 Å². The fourth-order valence-electron chi connectivity index (χ4n) is 1.59. The minimum Gasteiger partial charge on any atom is -0.370 e. The molecule has 3 amide bonds. The summed E-state index contributed by atoms with van der Waals surface area (Å²) in [6.45, 7) is 6.23. The van der Waals surface area contributed by atoms with Gasteiger partial charge in [-0.3, -0.25) is 14.7 Å². The van der Waals surface area contributed by atoms with Crippen LogP contribution in [0.2, 0.25) is 0 Å². The number of rotatable bonds is 5. The molecule has 0 aromatic rings. The van der Waals surface area contributed by atoms with Crippen molar-refractivity contribution in [1.29, 1.82) is 0 Å². The summed E-state index contributed by atoms with van der Waals surface area (Å²) in [5.41, 5.74) is 5.76. The molecule has 1 fully saturated rings. The maximum absolute atomic E-state index is 11.3. The first-order valence-corrected chi connectivity index (χ1v) is 5.73. The highest BCUT2D eigenvalue weighted by Crippen LogP contribution is 1.98. The Morgan fingerprint density at radius 2 is 2.06 bits per heavy atom. The molecule has 0 aliphatic carbocycles. The normalized spacial score (nSPS) is 15.4. The largest absolute Gasteiger partial charge is 0.370 e. The molecule has 0 unspecified atom stereocenters. The van der Waals surface area contributed by atoms with E-state index < -0.39 is 0 Å². The number of nitrogens with one attached hydrogen (secondary N) is 1. The van der Waals surface area contributed by atoms with Gasteiger partial charge in [-0.25, -0.2) is 4.79 Å². The number of hydrogen-bond donors (Lipinski definition) is 2. The molecule has 1 heterocycles. The summed E-state index contributed by atoms with van der Waals surface area (Å²) in [4.78, 5) is 29.7. The molecule has 0 bridgehead atoms. The second-order valence-corrected chi connectivity index (χ2v) is 3.62. The highest BCUT2D eigenvalue weighted by Gasteiger charge is 2.27. The van der Waals surface area contributed by atoms with Crippen LogP contribution in [0.15, 0.2) is 4.99 Å². The molecule has 3 N–H and O–H groups in total. The van der Waals surface area contributed by atoms with Crippen molar-refractivity contribution in [2.24, 2.45) is 10.7 Å². The Labute approximate surface area is 124 Å². The summed E-state index contributed by atoms with van der Waals surface area (Å²) in [6, 6.07) is -0.355. The Bertz CT molecular complexity index is 314. The second kappa shape index (κ2) is 8.11. The number of halogens is 1. The van der Waals surface area contributed by atoms with Crippen molar-refractivity contribution < 1.29 is 9.59 Å². The van der Waals surface area contributed by atoms with Crippen LogP contribution in [0.4, 0.5) is 4.79 Å². The molecular weight excluding hydrogens is 349 g/mol. The van der Waals surface area contributed by atoms with E-state index in [0.717, 1.165) is 18.0 Å². The van der Waals surface area contributed by atoms with Crippen LogP contribution in [-0.2, 0) is 4.79 Å². The topological polar surface area (TPSA) is 91.0 Å². The summed E-state index contributed by atoms with van der Waals surface area (Å²) in [6.07, 6.45) is 0. The van der Waals surface area contributed by atoms with Crippen LogP contribution in [0, 0.1) is 0 Å². The van der Waals surface area contributed by atoms with E-state index >= 15 is 0 Å². The first-order chi connectivity index (χ1) is 8.10. The third-order valence-corrected chi connectivity index (χ3v) is 2.62. The van der Waals surface area contributed by atoms with Crippen LogP contribution in [0.25, 0.3) is 0 Å². The standard InChI is InChI=1S/C10H19N5O2.HI/c1-3-14(4-2)9(11)12-5-6-15-8(16)7-13-10(15)17;/h3-7H2,1-2H3,(H2,11,12)(H,13,17);1H. The summed E-state index contributed by atoms with van der Waals surface area (Å²) in [7, 11) is 0. The molecule has 1 saturated heterocycles. The van der Waals surface area contributed by atoms with Gasteiger partial charge in [-0.15, -0.1) is 24.0 Å². The van der Waals surface area contributed by atoms with E-state index in [9.17, 15) is 9.59 Å². The van der Waals surface area contributed by atoms with E-state index in [2.05, 4.69) is 10.3 Å². The summed E-state index contributed by atoms with van der Waals surface area (Å²) < 4.78 is 0. The van der Waals surface area contributed by atoms with Gasteiger partial charge < -0.3 is 16.0 Å². The number of nitrogens with two attached hydrogens (primary N) is 1. The van der Waals surface area contributed by atoms with Crippen LogP contribution < -0.4 is 11.1 Å². The molecule has 0 atom stereocenters. The number of carbonyl (C=O) groups excluding carboxylic acids is 2. The Morgan fingerprint density at radius 1 is 1.44 bits per heavy atom. The van der Waals surface area contributed by atoms with Crippen LogP contribution in [-0.4, -0.2) is 60.4 Å². The van der Waals surface area contributed by atoms with Gasteiger partial charge in [-0.1, -0.05) is 0 Å². The molecule has 1 rings (SSSR count). The van der Waals surface area contributed by atoms with Crippen molar-refractivity contribution in [2.45, 2.75) is 13.8 Å². The molecule has 0 saturated carbocycles. The molecule has 0 radical (unpaired) electrons. The molecule has 0 aromatic heterocycles. The summed E-state index contributed by atoms with van der Waals surface area (Å²) in [5.74, 6) is 0.230. The second-order valence-electron chi connectivity index (χ2n) is 3.62. The molecule has 18 heavy (non-hydrogen) atoms. The van der Waals surface area contributed by atoms with Crippen molar-refractivity contribution in [1.82, 2.24) is 15.1 Å². The molecule has 0 spiro atoms. The van der Waals surface area contributed by atoms with Gasteiger partial charge in [0.05, 0.1) is 19.6 Å². The summed E-state index contributed by atoms with van der Waals surface area (Å²) in [5, 5.41) is 2.45. The van der Waals surface area contributed by atoms with Crippen molar-refractivity contribution in [3.05, 3.63) is 0 Å². The van der Waals surface area contributed by atoms with Gasteiger partial charge in [-0.2, -0.15) is 0 Å². The lowest BCUT2D eigenvalue weighted by Crippen LogP contribution is -2.38. The number of aliphatic imine (C=N–C) groups is 1. The zero-order chi connectivity index (χ0) is 12.8. The van der Waals surface area contributed by atoms with E-state index in [1.54, 1.807) is 0 Å². The quantitative estimate of drug-likeness (QED) is 0.304. The van der Waals surface area contributed by atoms with Crippen LogP contribution >= 0.6 is 24.0 Å². The molecule has 8 heteroatoms.